The van der Waals surface area contributed by atoms with Crippen LogP contribution in [-0.4, -0.2) is 25.7 Å². The fraction of sp³-hybridized carbons (Fsp3) is 0.588. The summed E-state index contributed by atoms with van der Waals surface area (Å²) in [5.41, 5.74) is 7.07. The number of benzene rings is 1. The van der Waals surface area contributed by atoms with Crippen molar-refractivity contribution < 1.29 is 4.74 Å². The molecule has 0 bridgehead atoms. The normalized spacial score (nSPS) is 16.5. The molecule has 3 N–H and O–H groups in total. The van der Waals surface area contributed by atoms with Crippen LogP contribution in [0.1, 0.15) is 31.7 Å². The highest BCUT2D eigenvalue weighted by atomic mass is 127. The van der Waals surface area contributed by atoms with E-state index in [-0.39, 0.29) is 24.0 Å². The highest BCUT2D eigenvalue weighted by Crippen LogP contribution is 2.24. The Bertz CT molecular complexity index is 435. The lowest BCUT2D eigenvalue weighted by molar-refractivity contribution is 0.0945. The van der Waals surface area contributed by atoms with Crippen molar-refractivity contribution >= 4 is 29.9 Å². The maximum absolute atomic E-state index is 5.87. The van der Waals surface area contributed by atoms with E-state index in [4.69, 9.17) is 10.5 Å². The van der Waals surface area contributed by atoms with Gasteiger partial charge in [0.25, 0.3) is 0 Å². The van der Waals surface area contributed by atoms with Crippen molar-refractivity contribution in [3.05, 3.63) is 35.9 Å². The van der Waals surface area contributed by atoms with Gasteiger partial charge in [-0.2, -0.15) is 0 Å². The molecule has 1 aromatic carbocycles. The molecule has 1 unspecified atom stereocenters. The second-order valence-corrected chi connectivity index (χ2v) is 6.01. The molecule has 22 heavy (non-hydrogen) atoms. The molecule has 0 saturated heterocycles. The Hall–Kier alpha value is -0.820. The number of rotatable bonds is 8. The van der Waals surface area contributed by atoms with Gasteiger partial charge in [-0.15, -0.1) is 24.0 Å². The predicted molar refractivity (Wildman–Crippen MR) is 103 cm³/mol. The second kappa shape index (κ2) is 10.8. The molecular weight excluding hydrogens is 389 g/mol. The maximum Gasteiger partial charge on any atom is 0.188 e. The van der Waals surface area contributed by atoms with Gasteiger partial charge in [0.05, 0.1) is 13.2 Å². The van der Waals surface area contributed by atoms with E-state index < -0.39 is 0 Å². The molecule has 0 radical (unpaired) electrons. The molecular formula is C17H28IN3O. The first-order valence-electron chi connectivity index (χ1n) is 7.89. The highest BCUT2D eigenvalue weighted by Gasteiger charge is 2.16. The zero-order valence-electron chi connectivity index (χ0n) is 13.3. The summed E-state index contributed by atoms with van der Waals surface area (Å²) >= 11 is 0. The van der Waals surface area contributed by atoms with E-state index in [0.29, 0.717) is 31.6 Å². The van der Waals surface area contributed by atoms with Gasteiger partial charge >= 0.3 is 0 Å². The van der Waals surface area contributed by atoms with Gasteiger partial charge in [-0.1, -0.05) is 43.7 Å². The molecule has 4 nitrogen and oxygen atoms in total. The van der Waals surface area contributed by atoms with E-state index in [1.165, 1.54) is 24.8 Å². The van der Waals surface area contributed by atoms with Crippen LogP contribution >= 0.6 is 24.0 Å². The Balaban J connectivity index is 0.00000242. The van der Waals surface area contributed by atoms with E-state index >= 15 is 0 Å². The third-order valence-electron chi connectivity index (χ3n) is 3.88. The topological polar surface area (TPSA) is 59.6 Å². The first-order chi connectivity index (χ1) is 10.2. The summed E-state index contributed by atoms with van der Waals surface area (Å²) in [6, 6.07) is 10.2. The Labute approximate surface area is 150 Å². The lowest BCUT2D eigenvalue weighted by atomic mass is 9.85. The summed E-state index contributed by atoms with van der Waals surface area (Å²) in [4.78, 5) is 4.38. The van der Waals surface area contributed by atoms with Crippen LogP contribution in [0, 0.1) is 11.8 Å². The largest absolute Gasteiger partial charge is 0.376 e. The monoisotopic (exact) mass is 417 g/mol. The molecule has 124 valence electrons. The second-order valence-electron chi connectivity index (χ2n) is 6.01. The van der Waals surface area contributed by atoms with Crippen molar-refractivity contribution in [3.8, 4) is 0 Å². The van der Waals surface area contributed by atoms with Gasteiger partial charge in [-0.25, -0.2) is 0 Å². The Morgan fingerprint density at radius 1 is 1.36 bits per heavy atom. The van der Waals surface area contributed by atoms with E-state index in [9.17, 15) is 0 Å². The van der Waals surface area contributed by atoms with Gasteiger partial charge in [0.2, 0.25) is 0 Å². The average Bonchev–Trinajstić information content (AvgIpc) is 2.45. The summed E-state index contributed by atoms with van der Waals surface area (Å²) in [5.74, 6) is 1.74. The number of aliphatic imine (C=N–C) groups is 1. The molecule has 0 amide bonds. The van der Waals surface area contributed by atoms with E-state index in [1.807, 2.05) is 18.2 Å². The third-order valence-corrected chi connectivity index (χ3v) is 3.88. The minimum absolute atomic E-state index is 0. The summed E-state index contributed by atoms with van der Waals surface area (Å²) < 4.78 is 5.71. The van der Waals surface area contributed by atoms with Crippen molar-refractivity contribution in [3.63, 3.8) is 0 Å². The van der Waals surface area contributed by atoms with E-state index in [2.05, 4.69) is 29.4 Å². The summed E-state index contributed by atoms with van der Waals surface area (Å²) in [6.07, 6.45) is 4.01. The van der Waals surface area contributed by atoms with Crippen molar-refractivity contribution in [2.75, 3.05) is 19.7 Å². The van der Waals surface area contributed by atoms with E-state index in [0.717, 1.165) is 12.5 Å². The number of halogens is 1. The maximum atomic E-state index is 5.87. The number of hydrogen-bond acceptors (Lipinski definition) is 2. The molecule has 1 fully saturated rings. The molecule has 1 atom stereocenters. The number of guanidine groups is 1. The number of nitrogens with one attached hydrogen (secondary N) is 1. The van der Waals surface area contributed by atoms with Gasteiger partial charge in [0, 0.05) is 13.1 Å². The zero-order valence-corrected chi connectivity index (χ0v) is 15.7. The van der Waals surface area contributed by atoms with Crippen LogP contribution in [0.3, 0.4) is 0 Å². The van der Waals surface area contributed by atoms with Gasteiger partial charge in [-0.05, 0) is 30.2 Å². The van der Waals surface area contributed by atoms with Gasteiger partial charge in [0.15, 0.2) is 5.96 Å². The number of nitrogens with zero attached hydrogens (tertiary/aromatic N) is 1. The minimum Gasteiger partial charge on any atom is -0.376 e. The lowest BCUT2D eigenvalue weighted by Gasteiger charge is -2.25. The number of nitrogens with two attached hydrogens (primary N) is 1. The highest BCUT2D eigenvalue weighted by molar-refractivity contribution is 14.0. The molecule has 0 aromatic heterocycles. The van der Waals surface area contributed by atoms with Crippen molar-refractivity contribution in [1.82, 2.24) is 5.32 Å². The Morgan fingerprint density at radius 2 is 2.09 bits per heavy atom. The first kappa shape index (κ1) is 19.2. The molecule has 0 aliphatic heterocycles. The van der Waals surface area contributed by atoms with Crippen LogP contribution in [0.2, 0.25) is 0 Å². The summed E-state index contributed by atoms with van der Waals surface area (Å²) in [6.45, 7) is 5.17. The van der Waals surface area contributed by atoms with Crippen LogP contribution in [0.5, 0.6) is 0 Å². The van der Waals surface area contributed by atoms with Crippen molar-refractivity contribution in [1.29, 1.82) is 0 Å². The third kappa shape index (κ3) is 7.45. The molecule has 1 saturated carbocycles. The van der Waals surface area contributed by atoms with Crippen LogP contribution in [-0.2, 0) is 11.3 Å². The number of ether oxygens (including phenoxy) is 1. The van der Waals surface area contributed by atoms with Crippen LogP contribution in [0.25, 0.3) is 0 Å². The number of hydrogen-bond donors (Lipinski definition) is 2. The van der Waals surface area contributed by atoms with Crippen LogP contribution in [0.15, 0.2) is 35.3 Å². The van der Waals surface area contributed by atoms with Gasteiger partial charge in [0.1, 0.15) is 0 Å². The van der Waals surface area contributed by atoms with Crippen molar-refractivity contribution in [2.45, 2.75) is 32.8 Å². The smallest absolute Gasteiger partial charge is 0.188 e. The van der Waals surface area contributed by atoms with Crippen LogP contribution < -0.4 is 11.1 Å². The average molecular weight is 417 g/mol. The molecule has 2 rings (SSSR count). The van der Waals surface area contributed by atoms with Crippen molar-refractivity contribution in [2.24, 2.45) is 22.6 Å². The fourth-order valence-corrected chi connectivity index (χ4v) is 2.26. The van der Waals surface area contributed by atoms with E-state index in [1.54, 1.807) is 0 Å². The quantitative estimate of drug-likeness (QED) is 0.388. The van der Waals surface area contributed by atoms with Crippen LogP contribution in [0.4, 0.5) is 0 Å². The molecule has 1 aliphatic carbocycles. The molecule has 5 heteroatoms. The molecule has 1 aliphatic rings. The molecule has 1 aromatic rings. The van der Waals surface area contributed by atoms with Gasteiger partial charge < -0.3 is 15.8 Å². The zero-order chi connectivity index (χ0) is 14.9. The minimum atomic E-state index is 0. The SMILES string of the molecule is CC(CN=C(N)NCC1CCC1)COCc1ccccc1.I. The first-order valence-corrected chi connectivity index (χ1v) is 7.89. The Kier molecular flexibility index (Phi) is 9.47. The molecule has 0 spiro atoms. The fourth-order valence-electron chi connectivity index (χ4n) is 2.26. The van der Waals surface area contributed by atoms with Gasteiger partial charge in [-0.3, -0.25) is 4.99 Å². The summed E-state index contributed by atoms with van der Waals surface area (Å²) in [7, 11) is 0. The Morgan fingerprint density at radius 3 is 2.73 bits per heavy atom. The summed E-state index contributed by atoms with van der Waals surface area (Å²) in [5, 5.41) is 3.21. The molecule has 0 heterocycles. The lowest BCUT2D eigenvalue weighted by Crippen LogP contribution is -2.37. The predicted octanol–water partition coefficient (Wildman–Crippen LogP) is 3.16. The standard InChI is InChI=1S/C17H27N3O.HI/c1-14(12-21-13-16-6-3-2-4-7-16)10-19-17(18)20-11-15-8-5-9-15;/h2-4,6-7,14-15H,5,8-13H2,1H3,(H3,18,19,20);1H.